The molecule has 1 unspecified atom stereocenters. The van der Waals surface area contributed by atoms with Crippen LogP contribution in [-0.2, 0) is 0 Å². The summed E-state index contributed by atoms with van der Waals surface area (Å²) in [6.45, 7) is 4.33. The molecule has 0 radical (unpaired) electrons. The van der Waals surface area contributed by atoms with E-state index in [4.69, 9.17) is 5.73 Å². The molecule has 1 atom stereocenters. The van der Waals surface area contributed by atoms with E-state index >= 15 is 0 Å². The SMILES string of the molecule is Cc1ccc(C(=O)N2CCN(C)CC2CN)c(=O)[nH]1. The van der Waals surface area contributed by atoms with Crippen molar-refractivity contribution in [2.45, 2.75) is 13.0 Å². The molecule has 1 aromatic rings. The largest absolute Gasteiger partial charge is 0.332 e. The highest BCUT2D eigenvalue weighted by molar-refractivity contribution is 5.94. The van der Waals surface area contributed by atoms with E-state index in [9.17, 15) is 9.59 Å². The van der Waals surface area contributed by atoms with E-state index in [2.05, 4.69) is 9.88 Å². The Balaban J connectivity index is 2.25. The molecule has 3 N–H and O–H groups in total. The van der Waals surface area contributed by atoms with Crippen LogP contribution in [0.1, 0.15) is 16.1 Å². The van der Waals surface area contributed by atoms with Crippen LogP contribution in [0, 0.1) is 6.92 Å². The summed E-state index contributed by atoms with van der Waals surface area (Å²) < 4.78 is 0. The Hall–Kier alpha value is -1.66. The van der Waals surface area contributed by atoms with Crippen molar-refractivity contribution < 1.29 is 4.79 Å². The van der Waals surface area contributed by atoms with Gasteiger partial charge in [-0.05, 0) is 26.1 Å². The second-order valence-corrected chi connectivity index (χ2v) is 5.03. The van der Waals surface area contributed by atoms with E-state index in [1.807, 2.05) is 7.05 Å². The molecule has 6 heteroatoms. The number of hydrogen-bond donors (Lipinski definition) is 2. The number of nitrogens with one attached hydrogen (secondary N) is 1. The lowest BCUT2D eigenvalue weighted by Crippen LogP contribution is -2.57. The molecule has 19 heavy (non-hydrogen) atoms. The topological polar surface area (TPSA) is 82.4 Å². The Morgan fingerprint density at radius 1 is 1.47 bits per heavy atom. The molecule has 1 aliphatic heterocycles. The number of nitrogens with zero attached hydrogens (tertiary/aromatic N) is 2. The van der Waals surface area contributed by atoms with Crippen LogP contribution < -0.4 is 11.3 Å². The maximum absolute atomic E-state index is 12.4. The summed E-state index contributed by atoms with van der Waals surface area (Å²) in [4.78, 5) is 30.8. The fourth-order valence-electron chi connectivity index (χ4n) is 2.38. The van der Waals surface area contributed by atoms with Crippen LogP contribution in [0.4, 0.5) is 0 Å². The third-order valence-corrected chi connectivity index (χ3v) is 3.50. The molecule has 1 saturated heterocycles. The number of aromatic nitrogens is 1. The molecule has 0 aliphatic carbocycles. The number of carbonyl (C=O) groups excluding carboxylic acids is 1. The Morgan fingerprint density at radius 3 is 2.84 bits per heavy atom. The molecule has 0 aromatic carbocycles. The lowest BCUT2D eigenvalue weighted by molar-refractivity contribution is 0.0514. The minimum absolute atomic E-state index is 0.0352. The summed E-state index contributed by atoms with van der Waals surface area (Å²) in [7, 11) is 2.00. The van der Waals surface area contributed by atoms with Gasteiger partial charge in [-0.1, -0.05) is 0 Å². The van der Waals surface area contributed by atoms with E-state index < -0.39 is 0 Å². The van der Waals surface area contributed by atoms with Crippen LogP contribution in [0.2, 0.25) is 0 Å². The van der Waals surface area contributed by atoms with Gasteiger partial charge in [0, 0.05) is 31.9 Å². The van der Waals surface area contributed by atoms with Gasteiger partial charge in [0.1, 0.15) is 5.56 Å². The predicted octanol–water partition coefficient (Wildman–Crippen LogP) is -0.602. The zero-order valence-corrected chi connectivity index (χ0v) is 11.3. The number of amides is 1. The molecule has 1 fully saturated rings. The molecule has 1 aromatic heterocycles. The van der Waals surface area contributed by atoms with Crippen molar-refractivity contribution in [1.29, 1.82) is 0 Å². The molecular weight excluding hydrogens is 244 g/mol. The van der Waals surface area contributed by atoms with Crippen LogP contribution >= 0.6 is 0 Å². The van der Waals surface area contributed by atoms with Crippen molar-refractivity contribution in [3.63, 3.8) is 0 Å². The molecule has 104 valence electrons. The molecule has 2 rings (SSSR count). The molecule has 0 bridgehead atoms. The minimum Gasteiger partial charge on any atom is -0.332 e. The van der Waals surface area contributed by atoms with Gasteiger partial charge in [-0.3, -0.25) is 9.59 Å². The smallest absolute Gasteiger partial charge is 0.260 e. The lowest BCUT2D eigenvalue weighted by Gasteiger charge is -2.39. The summed E-state index contributed by atoms with van der Waals surface area (Å²) in [5.41, 5.74) is 6.33. The van der Waals surface area contributed by atoms with Crippen LogP contribution in [0.5, 0.6) is 0 Å². The molecule has 0 saturated carbocycles. The van der Waals surface area contributed by atoms with Gasteiger partial charge in [-0.15, -0.1) is 0 Å². The van der Waals surface area contributed by atoms with Crippen LogP contribution in [-0.4, -0.2) is 60.0 Å². The fraction of sp³-hybridized carbons (Fsp3) is 0.538. The third-order valence-electron chi connectivity index (χ3n) is 3.50. The number of aryl methyl sites for hydroxylation is 1. The fourth-order valence-corrected chi connectivity index (χ4v) is 2.38. The van der Waals surface area contributed by atoms with E-state index in [0.717, 1.165) is 18.8 Å². The molecule has 6 nitrogen and oxygen atoms in total. The summed E-state index contributed by atoms with van der Waals surface area (Å²) in [6, 6.07) is 3.29. The van der Waals surface area contributed by atoms with Crippen LogP contribution in [0.25, 0.3) is 0 Å². The monoisotopic (exact) mass is 264 g/mol. The molecule has 1 aliphatic rings. The Labute approximate surface area is 112 Å². The van der Waals surface area contributed by atoms with Gasteiger partial charge >= 0.3 is 0 Å². The van der Waals surface area contributed by atoms with E-state index in [0.29, 0.717) is 13.1 Å². The predicted molar refractivity (Wildman–Crippen MR) is 73.2 cm³/mol. The number of nitrogens with two attached hydrogens (primary N) is 1. The van der Waals surface area contributed by atoms with Gasteiger partial charge in [0.05, 0.1) is 6.04 Å². The number of piperazine rings is 1. The maximum Gasteiger partial charge on any atom is 0.260 e. The second kappa shape index (κ2) is 5.54. The number of carbonyl (C=O) groups is 1. The summed E-state index contributed by atoms with van der Waals surface area (Å²) >= 11 is 0. The molecular formula is C13H20N4O2. The van der Waals surface area contributed by atoms with Crippen molar-refractivity contribution in [3.05, 3.63) is 33.7 Å². The highest BCUT2D eigenvalue weighted by atomic mass is 16.2. The third kappa shape index (κ3) is 2.85. The quantitative estimate of drug-likeness (QED) is 0.747. The van der Waals surface area contributed by atoms with E-state index in [1.165, 1.54) is 0 Å². The van der Waals surface area contributed by atoms with Crippen molar-refractivity contribution in [2.75, 3.05) is 33.2 Å². The first-order valence-electron chi connectivity index (χ1n) is 6.42. The number of hydrogen-bond acceptors (Lipinski definition) is 4. The first kappa shape index (κ1) is 13.8. The number of pyridine rings is 1. The van der Waals surface area contributed by atoms with Gasteiger partial charge in [-0.2, -0.15) is 0 Å². The number of H-pyrrole nitrogens is 1. The average Bonchev–Trinajstić information content (AvgIpc) is 2.37. The average molecular weight is 264 g/mol. The molecule has 2 heterocycles. The Morgan fingerprint density at radius 2 is 2.21 bits per heavy atom. The van der Waals surface area contributed by atoms with Crippen LogP contribution in [0.15, 0.2) is 16.9 Å². The highest BCUT2D eigenvalue weighted by Crippen LogP contribution is 2.11. The van der Waals surface area contributed by atoms with Gasteiger partial charge in [-0.25, -0.2) is 0 Å². The minimum atomic E-state index is -0.334. The Kier molecular flexibility index (Phi) is 4.01. The summed E-state index contributed by atoms with van der Waals surface area (Å²) in [5, 5.41) is 0. The highest BCUT2D eigenvalue weighted by Gasteiger charge is 2.29. The van der Waals surface area contributed by atoms with Gasteiger partial charge in [0.2, 0.25) is 0 Å². The molecule has 0 spiro atoms. The summed E-state index contributed by atoms with van der Waals surface area (Å²) in [5.74, 6) is -0.232. The van der Waals surface area contributed by atoms with Crippen LogP contribution in [0.3, 0.4) is 0 Å². The van der Waals surface area contributed by atoms with E-state index in [-0.39, 0.29) is 23.1 Å². The molecule has 1 amide bonds. The Bertz CT molecular complexity index is 526. The van der Waals surface area contributed by atoms with E-state index in [1.54, 1.807) is 24.0 Å². The first-order chi connectivity index (χ1) is 9.02. The first-order valence-corrected chi connectivity index (χ1v) is 6.42. The number of likely N-dealkylation sites (N-methyl/N-ethyl adjacent to an activating group) is 1. The van der Waals surface area contributed by atoms with Crippen molar-refractivity contribution >= 4 is 5.91 Å². The van der Waals surface area contributed by atoms with Crippen molar-refractivity contribution in [1.82, 2.24) is 14.8 Å². The number of rotatable bonds is 2. The van der Waals surface area contributed by atoms with Gasteiger partial charge < -0.3 is 20.5 Å². The zero-order valence-electron chi connectivity index (χ0n) is 11.3. The normalized spacial score (nSPS) is 20.6. The van der Waals surface area contributed by atoms with Gasteiger partial charge in [0.25, 0.3) is 11.5 Å². The zero-order chi connectivity index (χ0) is 14.0. The number of aromatic amines is 1. The van der Waals surface area contributed by atoms with Crippen molar-refractivity contribution in [3.8, 4) is 0 Å². The summed E-state index contributed by atoms with van der Waals surface area (Å²) in [6.07, 6.45) is 0. The van der Waals surface area contributed by atoms with Gasteiger partial charge in [0.15, 0.2) is 0 Å². The standard InChI is InChI=1S/C13H20N4O2/c1-9-3-4-11(12(18)15-9)13(19)17-6-5-16(2)8-10(17)7-14/h3-4,10H,5-8,14H2,1-2H3,(H,15,18). The lowest BCUT2D eigenvalue weighted by atomic mass is 10.1. The maximum atomic E-state index is 12.4. The van der Waals surface area contributed by atoms with Crippen molar-refractivity contribution in [2.24, 2.45) is 5.73 Å². The second-order valence-electron chi connectivity index (χ2n) is 5.03.